The van der Waals surface area contributed by atoms with E-state index >= 15 is 0 Å². The van der Waals surface area contributed by atoms with Gasteiger partial charge in [0.15, 0.2) is 0 Å². The van der Waals surface area contributed by atoms with Gasteiger partial charge in [0.1, 0.15) is 5.75 Å². The number of hydrogen-bond acceptors (Lipinski definition) is 3. The molecule has 1 aliphatic rings. The van der Waals surface area contributed by atoms with Gasteiger partial charge in [0.05, 0.1) is 13.7 Å². The van der Waals surface area contributed by atoms with Gasteiger partial charge in [0.2, 0.25) is 5.91 Å². The van der Waals surface area contributed by atoms with Gasteiger partial charge in [-0.1, -0.05) is 25.7 Å². The van der Waals surface area contributed by atoms with Crippen LogP contribution in [0.2, 0.25) is 0 Å². The molecule has 0 saturated heterocycles. The number of anilines is 1. The highest BCUT2D eigenvalue weighted by Gasteiger charge is 2.15. The molecule has 1 aliphatic carbocycles. The molecule has 1 aromatic carbocycles. The Morgan fingerprint density at radius 3 is 2.81 bits per heavy atom. The summed E-state index contributed by atoms with van der Waals surface area (Å²) in [6, 6.07) is 5.32. The highest BCUT2D eigenvalue weighted by atomic mass is 16.5. The fraction of sp³-hybridized carbons (Fsp3) is 0.588. The van der Waals surface area contributed by atoms with E-state index in [1.54, 1.807) is 25.3 Å². The Kier molecular flexibility index (Phi) is 6.05. The van der Waals surface area contributed by atoms with Crippen molar-refractivity contribution in [3.8, 4) is 5.75 Å². The standard InChI is InChI=1S/C17H25NO3/c1-21-16-10-9-15(11-14(16)12-19)18-17(20)8-4-7-13-5-2-3-6-13/h9-11,13,19H,2-8,12H2,1H3,(H,18,20). The quantitative estimate of drug-likeness (QED) is 0.808. The Bertz CT molecular complexity index is 467. The van der Waals surface area contributed by atoms with Crippen molar-refractivity contribution in [2.45, 2.75) is 51.6 Å². The fourth-order valence-corrected chi connectivity index (χ4v) is 3.05. The average Bonchev–Trinajstić information content (AvgIpc) is 3.00. The predicted octanol–water partition coefficient (Wildman–Crippen LogP) is 3.49. The summed E-state index contributed by atoms with van der Waals surface area (Å²) in [4.78, 5) is 11.9. The van der Waals surface area contributed by atoms with Crippen LogP contribution in [-0.2, 0) is 11.4 Å². The van der Waals surface area contributed by atoms with Crippen molar-refractivity contribution in [1.82, 2.24) is 0 Å². The molecule has 0 radical (unpaired) electrons. The summed E-state index contributed by atoms with van der Waals surface area (Å²) < 4.78 is 5.15. The van der Waals surface area contributed by atoms with Crippen LogP contribution in [0.4, 0.5) is 5.69 Å². The summed E-state index contributed by atoms with van der Waals surface area (Å²) in [5.41, 5.74) is 1.40. The number of amides is 1. The van der Waals surface area contributed by atoms with E-state index in [1.807, 2.05) is 0 Å². The third kappa shape index (κ3) is 4.74. The van der Waals surface area contributed by atoms with Crippen molar-refractivity contribution in [3.05, 3.63) is 23.8 Å². The summed E-state index contributed by atoms with van der Waals surface area (Å²) in [5, 5.41) is 12.2. The van der Waals surface area contributed by atoms with E-state index in [2.05, 4.69) is 5.32 Å². The summed E-state index contributed by atoms with van der Waals surface area (Å²) in [6.07, 6.45) is 8.06. The minimum atomic E-state index is -0.103. The molecular weight excluding hydrogens is 266 g/mol. The first kappa shape index (κ1) is 15.8. The molecule has 0 unspecified atom stereocenters. The first-order chi connectivity index (χ1) is 10.2. The zero-order chi connectivity index (χ0) is 15.1. The van der Waals surface area contributed by atoms with Crippen molar-refractivity contribution in [3.63, 3.8) is 0 Å². The molecule has 1 fully saturated rings. The number of benzene rings is 1. The van der Waals surface area contributed by atoms with Gasteiger partial charge in [0.25, 0.3) is 0 Å². The molecule has 0 aromatic heterocycles. The Labute approximate surface area is 126 Å². The highest BCUT2D eigenvalue weighted by Crippen LogP contribution is 2.29. The van der Waals surface area contributed by atoms with Gasteiger partial charge in [-0.25, -0.2) is 0 Å². The minimum Gasteiger partial charge on any atom is -0.496 e. The van der Waals surface area contributed by atoms with E-state index in [-0.39, 0.29) is 12.5 Å². The summed E-state index contributed by atoms with van der Waals surface area (Å²) in [7, 11) is 1.57. The number of carbonyl (C=O) groups is 1. The lowest BCUT2D eigenvalue weighted by atomic mass is 10.0. The Balaban J connectivity index is 1.78. The van der Waals surface area contributed by atoms with Crippen LogP contribution in [0.1, 0.15) is 50.5 Å². The number of hydrogen-bond donors (Lipinski definition) is 2. The number of carbonyl (C=O) groups excluding carboxylic acids is 1. The van der Waals surface area contributed by atoms with E-state index in [1.165, 1.54) is 25.7 Å². The van der Waals surface area contributed by atoms with Crippen LogP contribution in [0.15, 0.2) is 18.2 Å². The van der Waals surface area contributed by atoms with Gasteiger partial charge in [0, 0.05) is 17.7 Å². The van der Waals surface area contributed by atoms with Crippen LogP contribution in [-0.4, -0.2) is 18.1 Å². The second-order valence-electron chi connectivity index (χ2n) is 5.78. The maximum Gasteiger partial charge on any atom is 0.224 e. The second-order valence-corrected chi connectivity index (χ2v) is 5.78. The van der Waals surface area contributed by atoms with Gasteiger partial charge in [-0.2, -0.15) is 0 Å². The zero-order valence-corrected chi connectivity index (χ0v) is 12.7. The molecule has 21 heavy (non-hydrogen) atoms. The molecule has 0 bridgehead atoms. The molecule has 1 amide bonds. The molecule has 0 heterocycles. The Morgan fingerprint density at radius 2 is 2.14 bits per heavy atom. The molecule has 0 atom stereocenters. The minimum absolute atomic E-state index is 0.0436. The molecule has 116 valence electrons. The van der Waals surface area contributed by atoms with Crippen LogP contribution in [0.5, 0.6) is 5.75 Å². The van der Waals surface area contributed by atoms with Gasteiger partial charge in [-0.15, -0.1) is 0 Å². The van der Waals surface area contributed by atoms with E-state index in [0.29, 0.717) is 23.4 Å². The average molecular weight is 291 g/mol. The maximum atomic E-state index is 11.9. The van der Waals surface area contributed by atoms with Crippen molar-refractivity contribution >= 4 is 11.6 Å². The van der Waals surface area contributed by atoms with E-state index < -0.39 is 0 Å². The largest absolute Gasteiger partial charge is 0.496 e. The second kappa shape index (κ2) is 8.03. The van der Waals surface area contributed by atoms with Gasteiger partial charge in [-0.3, -0.25) is 4.79 Å². The molecule has 1 aromatic rings. The van der Waals surface area contributed by atoms with Crippen LogP contribution < -0.4 is 10.1 Å². The molecule has 0 aliphatic heterocycles. The monoisotopic (exact) mass is 291 g/mol. The van der Waals surface area contributed by atoms with Crippen molar-refractivity contribution in [2.24, 2.45) is 5.92 Å². The smallest absolute Gasteiger partial charge is 0.224 e. The highest BCUT2D eigenvalue weighted by molar-refractivity contribution is 5.90. The summed E-state index contributed by atoms with van der Waals surface area (Å²) >= 11 is 0. The lowest BCUT2D eigenvalue weighted by molar-refractivity contribution is -0.116. The van der Waals surface area contributed by atoms with Crippen LogP contribution in [0.25, 0.3) is 0 Å². The third-order valence-electron chi connectivity index (χ3n) is 4.23. The van der Waals surface area contributed by atoms with Gasteiger partial charge in [-0.05, 0) is 37.0 Å². The lowest BCUT2D eigenvalue weighted by Gasteiger charge is -2.11. The summed E-state index contributed by atoms with van der Waals surface area (Å²) in [6.45, 7) is -0.103. The van der Waals surface area contributed by atoms with Gasteiger partial charge < -0.3 is 15.2 Å². The number of rotatable bonds is 7. The molecule has 1 saturated carbocycles. The van der Waals surface area contributed by atoms with Crippen LogP contribution >= 0.6 is 0 Å². The third-order valence-corrected chi connectivity index (χ3v) is 4.23. The first-order valence-electron chi connectivity index (χ1n) is 7.80. The zero-order valence-electron chi connectivity index (χ0n) is 12.7. The lowest BCUT2D eigenvalue weighted by Crippen LogP contribution is -2.12. The Hall–Kier alpha value is -1.55. The van der Waals surface area contributed by atoms with Crippen molar-refractivity contribution in [1.29, 1.82) is 0 Å². The SMILES string of the molecule is COc1ccc(NC(=O)CCCC2CCCC2)cc1CO. The number of ether oxygens (including phenoxy) is 1. The van der Waals surface area contributed by atoms with Crippen molar-refractivity contribution < 1.29 is 14.6 Å². The Morgan fingerprint density at radius 1 is 1.38 bits per heavy atom. The topological polar surface area (TPSA) is 58.6 Å². The molecule has 4 heteroatoms. The molecule has 2 N–H and O–H groups in total. The fourth-order valence-electron chi connectivity index (χ4n) is 3.05. The number of methoxy groups -OCH3 is 1. The van der Waals surface area contributed by atoms with E-state index in [0.717, 1.165) is 18.8 Å². The predicted molar refractivity (Wildman–Crippen MR) is 83.4 cm³/mol. The molecule has 0 spiro atoms. The number of aliphatic hydroxyl groups is 1. The first-order valence-corrected chi connectivity index (χ1v) is 7.80. The van der Waals surface area contributed by atoms with E-state index in [4.69, 9.17) is 4.74 Å². The summed E-state index contributed by atoms with van der Waals surface area (Å²) in [5.74, 6) is 1.51. The number of aliphatic hydroxyl groups excluding tert-OH is 1. The molecule has 2 rings (SSSR count). The van der Waals surface area contributed by atoms with Gasteiger partial charge >= 0.3 is 0 Å². The van der Waals surface area contributed by atoms with Crippen LogP contribution in [0.3, 0.4) is 0 Å². The maximum absolute atomic E-state index is 11.9. The normalized spacial score (nSPS) is 15.1. The van der Waals surface area contributed by atoms with E-state index in [9.17, 15) is 9.90 Å². The van der Waals surface area contributed by atoms with Crippen LogP contribution in [0, 0.1) is 5.92 Å². The molecule has 4 nitrogen and oxygen atoms in total. The van der Waals surface area contributed by atoms with Crippen molar-refractivity contribution in [2.75, 3.05) is 12.4 Å². The number of nitrogens with one attached hydrogen (secondary N) is 1. The molecular formula is C17H25NO3.